The normalized spacial score (nSPS) is 17.3. The van der Waals surface area contributed by atoms with Crippen molar-refractivity contribution in [2.24, 2.45) is 0 Å². The molecule has 7 heteroatoms. The van der Waals surface area contributed by atoms with E-state index in [4.69, 9.17) is 9.47 Å². The lowest BCUT2D eigenvalue weighted by Crippen LogP contribution is -2.47. The molecule has 1 aliphatic heterocycles. The van der Waals surface area contributed by atoms with Gasteiger partial charge in [-0.2, -0.15) is 0 Å². The van der Waals surface area contributed by atoms with E-state index in [9.17, 15) is 9.59 Å². The molecule has 2 heterocycles. The van der Waals surface area contributed by atoms with Crippen molar-refractivity contribution in [1.82, 2.24) is 9.88 Å². The number of anilines is 1. The maximum atomic E-state index is 14.0. The number of carbonyl (C=O) groups is 2. The molecule has 0 saturated heterocycles. The van der Waals surface area contributed by atoms with Crippen molar-refractivity contribution >= 4 is 28.4 Å². The van der Waals surface area contributed by atoms with Crippen molar-refractivity contribution in [3.05, 3.63) is 95.7 Å². The molecule has 0 radical (unpaired) electrons. The lowest BCUT2D eigenvalue weighted by atomic mass is 9.79. The second-order valence-corrected chi connectivity index (χ2v) is 8.48. The van der Waals surface area contributed by atoms with Gasteiger partial charge in [0, 0.05) is 41.9 Å². The fraction of sp³-hybridized carbons (Fsp3) is 0.214. The number of hydrogen-bond donors (Lipinski definition) is 2. The standard InChI is InChI=1S/C28H27N3O4/c1-34-16-15-31-26(21-17-29-22-12-6-5-9-18(21)22)25(19-10-3-4-11-20(19)28(31)33)27(32)30-23-13-7-8-14-24(23)35-2/h3-14,17,25-26,29H,15-16H2,1-2H3,(H,30,32)/t25-,26-/m0/s1. The summed E-state index contributed by atoms with van der Waals surface area (Å²) in [6.07, 6.45) is 1.90. The largest absolute Gasteiger partial charge is 0.495 e. The highest BCUT2D eigenvalue weighted by atomic mass is 16.5. The van der Waals surface area contributed by atoms with E-state index < -0.39 is 12.0 Å². The Morgan fingerprint density at radius 1 is 0.971 bits per heavy atom. The summed E-state index contributed by atoms with van der Waals surface area (Å²) in [5.74, 6) is -0.410. The number of ether oxygens (including phenoxy) is 2. The number of nitrogens with zero attached hydrogens (tertiary/aromatic N) is 1. The van der Waals surface area contributed by atoms with Crippen LogP contribution in [0, 0.1) is 0 Å². The second-order valence-electron chi connectivity index (χ2n) is 8.48. The predicted molar refractivity (Wildman–Crippen MR) is 135 cm³/mol. The van der Waals surface area contributed by atoms with Gasteiger partial charge in [-0.3, -0.25) is 9.59 Å². The minimum Gasteiger partial charge on any atom is -0.495 e. The number of nitrogens with one attached hydrogen (secondary N) is 2. The minimum absolute atomic E-state index is 0.116. The molecule has 4 aromatic rings. The molecule has 0 saturated carbocycles. The lowest BCUT2D eigenvalue weighted by molar-refractivity contribution is -0.119. The average Bonchev–Trinajstić information content (AvgIpc) is 3.32. The van der Waals surface area contributed by atoms with Crippen LogP contribution in [0.4, 0.5) is 5.69 Å². The summed E-state index contributed by atoms with van der Waals surface area (Å²) >= 11 is 0. The minimum atomic E-state index is -0.648. The van der Waals surface area contributed by atoms with E-state index in [-0.39, 0.29) is 11.8 Å². The van der Waals surface area contributed by atoms with Crippen LogP contribution >= 0.6 is 0 Å². The molecule has 0 bridgehead atoms. The first-order valence-electron chi connectivity index (χ1n) is 11.5. The Bertz CT molecular complexity index is 1380. The first-order valence-corrected chi connectivity index (χ1v) is 11.5. The molecule has 0 spiro atoms. The van der Waals surface area contributed by atoms with Gasteiger partial charge in [0.05, 0.1) is 31.4 Å². The van der Waals surface area contributed by atoms with Crippen LogP contribution in [0.1, 0.15) is 33.4 Å². The van der Waals surface area contributed by atoms with Gasteiger partial charge in [-0.05, 0) is 29.8 Å². The molecule has 0 fully saturated rings. The van der Waals surface area contributed by atoms with Gasteiger partial charge >= 0.3 is 0 Å². The van der Waals surface area contributed by atoms with Crippen LogP contribution in [0.5, 0.6) is 5.75 Å². The molecular weight excluding hydrogens is 442 g/mol. The highest BCUT2D eigenvalue weighted by Gasteiger charge is 2.45. The van der Waals surface area contributed by atoms with Gasteiger partial charge in [0.15, 0.2) is 0 Å². The Morgan fingerprint density at radius 2 is 1.71 bits per heavy atom. The van der Waals surface area contributed by atoms with Gasteiger partial charge in [-0.25, -0.2) is 0 Å². The van der Waals surface area contributed by atoms with Gasteiger partial charge < -0.3 is 24.7 Å². The number of benzene rings is 3. The van der Waals surface area contributed by atoms with Crippen LogP contribution in [0.15, 0.2) is 79.0 Å². The zero-order valence-electron chi connectivity index (χ0n) is 19.7. The van der Waals surface area contributed by atoms with Gasteiger partial charge in [-0.1, -0.05) is 48.5 Å². The van der Waals surface area contributed by atoms with Crippen molar-refractivity contribution < 1.29 is 19.1 Å². The molecule has 1 aromatic heterocycles. The van der Waals surface area contributed by atoms with Crippen molar-refractivity contribution in [3.63, 3.8) is 0 Å². The Balaban J connectivity index is 1.67. The zero-order valence-corrected chi connectivity index (χ0v) is 19.7. The van der Waals surface area contributed by atoms with Crippen LogP contribution < -0.4 is 10.1 Å². The van der Waals surface area contributed by atoms with E-state index in [0.29, 0.717) is 35.7 Å². The molecule has 0 aliphatic carbocycles. The number of hydrogen-bond acceptors (Lipinski definition) is 4. The van der Waals surface area contributed by atoms with E-state index >= 15 is 0 Å². The number of rotatable bonds is 7. The van der Waals surface area contributed by atoms with Crippen molar-refractivity contribution in [3.8, 4) is 5.75 Å². The first-order chi connectivity index (χ1) is 17.1. The van der Waals surface area contributed by atoms with Crippen LogP contribution in [-0.4, -0.2) is 49.1 Å². The number of fused-ring (bicyclic) bond motifs is 2. The SMILES string of the molecule is COCCN1C(=O)c2ccccc2[C@H](C(=O)Nc2ccccc2OC)[C@@H]1c1c[nH]c2ccccc12. The number of amides is 2. The van der Waals surface area contributed by atoms with Gasteiger partial charge in [0.1, 0.15) is 5.75 Å². The highest BCUT2D eigenvalue weighted by molar-refractivity contribution is 6.05. The molecule has 0 unspecified atom stereocenters. The summed E-state index contributed by atoms with van der Waals surface area (Å²) in [6, 6.07) is 22.0. The molecule has 35 heavy (non-hydrogen) atoms. The Hall–Kier alpha value is -4.10. The monoisotopic (exact) mass is 469 g/mol. The summed E-state index contributed by atoms with van der Waals surface area (Å²) in [5, 5.41) is 4.03. The van der Waals surface area contributed by atoms with E-state index in [1.54, 1.807) is 37.3 Å². The Kier molecular flexibility index (Phi) is 6.25. The third-order valence-electron chi connectivity index (χ3n) is 6.56. The third kappa shape index (κ3) is 4.04. The number of aromatic amines is 1. The molecule has 7 nitrogen and oxygen atoms in total. The fourth-order valence-electron chi connectivity index (χ4n) is 4.95. The van der Waals surface area contributed by atoms with E-state index in [1.165, 1.54) is 0 Å². The molecule has 2 N–H and O–H groups in total. The highest BCUT2D eigenvalue weighted by Crippen LogP contribution is 2.45. The summed E-state index contributed by atoms with van der Waals surface area (Å²) < 4.78 is 10.8. The van der Waals surface area contributed by atoms with Gasteiger partial charge in [0.2, 0.25) is 5.91 Å². The maximum absolute atomic E-state index is 14.0. The molecule has 178 valence electrons. The second kappa shape index (κ2) is 9.64. The number of methoxy groups -OCH3 is 2. The van der Waals surface area contributed by atoms with Crippen molar-refractivity contribution in [1.29, 1.82) is 0 Å². The summed E-state index contributed by atoms with van der Waals surface area (Å²) in [5.41, 5.74) is 3.65. The first kappa shape index (κ1) is 22.7. The summed E-state index contributed by atoms with van der Waals surface area (Å²) in [7, 11) is 3.18. The molecule has 2 atom stereocenters. The number of para-hydroxylation sites is 3. The van der Waals surface area contributed by atoms with Crippen molar-refractivity contribution in [2.75, 3.05) is 32.7 Å². The molecule has 3 aromatic carbocycles. The maximum Gasteiger partial charge on any atom is 0.254 e. The number of aromatic nitrogens is 1. The topological polar surface area (TPSA) is 83.7 Å². The fourth-order valence-corrected chi connectivity index (χ4v) is 4.95. The molecule has 1 aliphatic rings. The number of H-pyrrole nitrogens is 1. The quantitative estimate of drug-likeness (QED) is 0.409. The summed E-state index contributed by atoms with van der Waals surface area (Å²) in [6.45, 7) is 0.708. The van der Waals surface area contributed by atoms with E-state index in [1.807, 2.05) is 60.8 Å². The van der Waals surface area contributed by atoms with Gasteiger partial charge in [0.25, 0.3) is 5.91 Å². The Morgan fingerprint density at radius 3 is 2.54 bits per heavy atom. The van der Waals surface area contributed by atoms with E-state index in [0.717, 1.165) is 16.5 Å². The average molecular weight is 470 g/mol. The van der Waals surface area contributed by atoms with Gasteiger partial charge in [-0.15, -0.1) is 0 Å². The smallest absolute Gasteiger partial charge is 0.254 e. The van der Waals surface area contributed by atoms with Crippen molar-refractivity contribution in [2.45, 2.75) is 12.0 Å². The predicted octanol–water partition coefficient (Wildman–Crippen LogP) is 4.74. The van der Waals surface area contributed by atoms with E-state index in [2.05, 4.69) is 10.3 Å². The molecule has 5 rings (SSSR count). The van der Waals surface area contributed by atoms with Crippen LogP contribution in [0.25, 0.3) is 10.9 Å². The van der Waals surface area contributed by atoms with Crippen LogP contribution in [0.3, 0.4) is 0 Å². The zero-order chi connectivity index (χ0) is 24.4. The molecular formula is C28H27N3O4. The van der Waals surface area contributed by atoms with Crippen LogP contribution in [-0.2, 0) is 9.53 Å². The molecule has 2 amide bonds. The van der Waals surface area contributed by atoms with Crippen LogP contribution in [0.2, 0.25) is 0 Å². The third-order valence-corrected chi connectivity index (χ3v) is 6.56. The lowest BCUT2D eigenvalue weighted by Gasteiger charge is -2.41. The summed E-state index contributed by atoms with van der Waals surface area (Å²) in [4.78, 5) is 32.8. The number of carbonyl (C=O) groups excluding carboxylic acids is 2. The Labute approximate surface area is 203 Å².